The van der Waals surface area contributed by atoms with Crippen molar-refractivity contribution in [1.29, 1.82) is 0 Å². The van der Waals surface area contributed by atoms with Crippen molar-refractivity contribution in [3.63, 3.8) is 0 Å². The van der Waals surface area contributed by atoms with E-state index in [9.17, 15) is 4.79 Å². The Kier molecular flexibility index (Phi) is 14.5. The maximum atomic E-state index is 12.2. The third-order valence-electron chi connectivity index (χ3n) is 4.39. The Balaban J connectivity index is 5.73. The van der Waals surface area contributed by atoms with Crippen LogP contribution in [0.2, 0.25) is 0 Å². The number of nitrogens with zero attached hydrogens (tertiary/aromatic N) is 1. The standard InChI is InChI=1S/C23H41N3O3/c1-9-12-18(4)21(28-8)15-14-19(5)22(25-24-6)20(13-10-2)17-29-23(27)26(7)16-11-3/h12,14-15,24-25H,9-11,13,16-17H2,1-8H3/b18-12+,19-14+,21-15+,22-20+. The molecule has 0 atom stereocenters. The maximum absolute atomic E-state index is 12.2. The summed E-state index contributed by atoms with van der Waals surface area (Å²) >= 11 is 0. The lowest BCUT2D eigenvalue weighted by atomic mass is 10.0. The van der Waals surface area contributed by atoms with Crippen LogP contribution < -0.4 is 10.9 Å². The van der Waals surface area contributed by atoms with Crippen molar-refractivity contribution >= 4 is 6.09 Å². The smallest absolute Gasteiger partial charge is 0.409 e. The van der Waals surface area contributed by atoms with E-state index in [4.69, 9.17) is 9.47 Å². The van der Waals surface area contributed by atoms with Crippen LogP contribution in [-0.2, 0) is 9.47 Å². The molecule has 0 aromatic heterocycles. The summed E-state index contributed by atoms with van der Waals surface area (Å²) in [5.74, 6) is 0.833. The first-order valence-electron chi connectivity index (χ1n) is 10.5. The van der Waals surface area contributed by atoms with Crippen molar-refractivity contribution in [2.24, 2.45) is 0 Å². The van der Waals surface area contributed by atoms with Gasteiger partial charge in [-0.1, -0.05) is 39.3 Å². The molecule has 2 N–H and O–H groups in total. The molecule has 0 aliphatic heterocycles. The summed E-state index contributed by atoms with van der Waals surface area (Å²) in [6.07, 6.45) is 9.47. The van der Waals surface area contributed by atoms with Crippen molar-refractivity contribution in [2.75, 3.05) is 34.4 Å². The molecule has 0 unspecified atom stereocenters. The lowest BCUT2D eigenvalue weighted by molar-refractivity contribution is 0.118. The molecule has 0 heterocycles. The average molecular weight is 408 g/mol. The minimum atomic E-state index is -0.298. The molecule has 0 aromatic carbocycles. The van der Waals surface area contributed by atoms with Gasteiger partial charge in [-0.25, -0.2) is 10.2 Å². The van der Waals surface area contributed by atoms with Gasteiger partial charge in [-0.2, -0.15) is 0 Å². The maximum Gasteiger partial charge on any atom is 0.409 e. The molecule has 6 nitrogen and oxygen atoms in total. The Morgan fingerprint density at radius 1 is 1.07 bits per heavy atom. The molecule has 166 valence electrons. The van der Waals surface area contributed by atoms with Gasteiger partial charge < -0.3 is 19.8 Å². The number of hydrogen-bond acceptors (Lipinski definition) is 5. The predicted molar refractivity (Wildman–Crippen MR) is 121 cm³/mol. The number of hydrazine groups is 1. The molecule has 0 saturated heterocycles. The number of allylic oxidation sites excluding steroid dienone is 5. The lowest BCUT2D eigenvalue weighted by Gasteiger charge is -2.20. The summed E-state index contributed by atoms with van der Waals surface area (Å²) in [4.78, 5) is 13.8. The third-order valence-corrected chi connectivity index (χ3v) is 4.39. The van der Waals surface area contributed by atoms with Gasteiger partial charge in [-0.05, 0) is 55.9 Å². The van der Waals surface area contributed by atoms with E-state index in [2.05, 4.69) is 30.8 Å². The van der Waals surface area contributed by atoms with E-state index in [-0.39, 0.29) is 12.7 Å². The van der Waals surface area contributed by atoms with E-state index in [0.29, 0.717) is 6.54 Å². The number of nitrogens with one attached hydrogen (secondary N) is 2. The summed E-state index contributed by atoms with van der Waals surface area (Å²) in [6.45, 7) is 11.3. The van der Waals surface area contributed by atoms with Crippen molar-refractivity contribution < 1.29 is 14.3 Å². The fraction of sp³-hybridized carbons (Fsp3) is 0.609. The molecule has 0 fully saturated rings. The Labute approximate surface area is 177 Å². The molecule has 0 aliphatic carbocycles. The molecule has 0 radical (unpaired) electrons. The van der Waals surface area contributed by atoms with Gasteiger partial charge in [0, 0.05) is 20.6 Å². The second-order valence-corrected chi connectivity index (χ2v) is 6.96. The van der Waals surface area contributed by atoms with Crippen LogP contribution in [0.25, 0.3) is 0 Å². The Bertz CT molecular complexity index is 619. The number of amides is 1. The van der Waals surface area contributed by atoms with Crippen LogP contribution in [0.3, 0.4) is 0 Å². The van der Waals surface area contributed by atoms with Crippen molar-refractivity contribution in [1.82, 2.24) is 15.8 Å². The summed E-state index contributed by atoms with van der Waals surface area (Å²) < 4.78 is 11.1. The molecule has 0 spiro atoms. The van der Waals surface area contributed by atoms with Gasteiger partial charge in [0.05, 0.1) is 12.8 Å². The van der Waals surface area contributed by atoms with Crippen LogP contribution in [0.1, 0.15) is 60.3 Å². The number of carbonyl (C=O) groups is 1. The zero-order chi connectivity index (χ0) is 22.2. The molecule has 0 bridgehead atoms. The lowest BCUT2D eigenvalue weighted by Crippen LogP contribution is -2.31. The van der Waals surface area contributed by atoms with Crippen molar-refractivity contribution in [2.45, 2.75) is 60.3 Å². The fourth-order valence-corrected chi connectivity index (χ4v) is 2.90. The summed E-state index contributed by atoms with van der Waals surface area (Å²) in [6, 6.07) is 0. The highest BCUT2D eigenvalue weighted by Crippen LogP contribution is 2.19. The first kappa shape index (κ1) is 26.8. The van der Waals surface area contributed by atoms with Gasteiger partial charge in [-0.15, -0.1) is 0 Å². The van der Waals surface area contributed by atoms with Crippen LogP contribution in [-0.4, -0.2) is 45.3 Å². The monoisotopic (exact) mass is 407 g/mol. The minimum Gasteiger partial charge on any atom is -0.497 e. The SMILES string of the molecule is CC/C=C(C)/C(=C\C=C(C)\C(NNC)=C(\CCC)COC(=O)N(C)CCC)OC. The number of carbonyl (C=O) groups excluding carboxylic acids is 1. The van der Waals surface area contributed by atoms with Gasteiger partial charge in [0.15, 0.2) is 0 Å². The van der Waals surface area contributed by atoms with E-state index in [1.165, 1.54) is 0 Å². The topological polar surface area (TPSA) is 62.8 Å². The predicted octanol–water partition coefficient (Wildman–Crippen LogP) is 5.08. The zero-order valence-corrected chi connectivity index (χ0v) is 19.6. The van der Waals surface area contributed by atoms with Crippen LogP contribution in [0.4, 0.5) is 4.79 Å². The summed E-state index contributed by atoms with van der Waals surface area (Å²) in [5.41, 5.74) is 10.3. The van der Waals surface area contributed by atoms with Gasteiger partial charge in [0.25, 0.3) is 0 Å². The molecular weight excluding hydrogens is 366 g/mol. The largest absolute Gasteiger partial charge is 0.497 e. The Hall–Kier alpha value is -2.21. The second-order valence-electron chi connectivity index (χ2n) is 6.96. The molecular formula is C23H41N3O3. The number of ether oxygens (including phenoxy) is 2. The molecule has 0 aromatic rings. The third kappa shape index (κ3) is 10.2. The zero-order valence-electron chi connectivity index (χ0n) is 19.6. The minimum absolute atomic E-state index is 0.255. The summed E-state index contributed by atoms with van der Waals surface area (Å²) in [5, 5.41) is 0. The molecule has 6 heteroatoms. The fourth-order valence-electron chi connectivity index (χ4n) is 2.90. The highest BCUT2D eigenvalue weighted by molar-refractivity contribution is 5.67. The first-order valence-corrected chi connectivity index (χ1v) is 10.5. The Morgan fingerprint density at radius 3 is 2.28 bits per heavy atom. The van der Waals surface area contributed by atoms with Crippen LogP contribution >= 0.6 is 0 Å². The van der Waals surface area contributed by atoms with Gasteiger partial charge in [0.1, 0.15) is 12.4 Å². The molecule has 0 saturated carbocycles. The quantitative estimate of drug-likeness (QED) is 0.253. The van der Waals surface area contributed by atoms with Gasteiger partial charge in [0.2, 0.25) is 0 Å². The number of hydrogen-bond donors (Lipinski definition) is 2. The highest BCUT2D eigenvalue weighted by Gasteiger charge is 2.13. The molecule has 0 rings (SSSR count). The van der Waals surface area contributed by atoms with E-state index < -0.39 is 0 Å². The summed E-state index contributed by atoms with van der Waals surface area (Å²) in [7, 11) is 5.26. The number of methoxy groups -OCH3 is 1. The van der Waals surface area contributed by atoms with Gasteiger partial charge >= 0.3 is 6.09 Å². The number of rotatable bonds is 13. The molecule has 1 amide bonds. The van der Waals surface area contributed by atoms with Gasteiger partial charge in [-0.3, -0.25) is 0 Å². The van der Waals surface area contributed by atoms with Crippen molar-refractivity contribution in [3.05, 3.63) is 46.4 Å². The van der Waals surface area contributed by atoms with Crippen molar-refractivity contribution in [3.8, 4) is 0 Å². The molecule has 0 aliphatic rings. The average Bonchev–Trinajstić information content (AvgIpc) is 2.69. The highest BCUT2D eigenvalue weighted by atomic mass is 16.6. The first-order chi connectivity index (χ1) is 13.9. The van der Waals surface area contributed by atoms with E-state index in [0.717, 1.165) is 53.9 Å². The van der Waals surface area contributed by atoms with E-state index >= 15 is 0 Å². The van der Waals surface area contributed by atoms with Crippen LogP contribution in [0.15, 0.2) is 46.4 Å². The van der Waals surface area contributed by atoms with E-state index in [1.54, 1.807) is 19.1 Å². The van der Waals surface area contributed by atoms with E-state index in [1.807, 2.05) is 40.0 Å². The second kappa shape index (κ2) is 15.7. The van der Waals surface area contributed by atoms with Crippen LogP contribution in [0.5, 0.6) is 0 Å². The molecule has 29 heavy (non-hydrogen) atoms. The van der Waals surface area contributed by atoms with Crippen LogP contribution in [0, 0.1) is 0 Å². The normalized spacial score (nSPS) is 13.7. The Morgan fingerprint density at radius 2 is 1.76 bits per heavy atom.